The number of para-hydroxylation sites is 1. The van der Waals surface area contributed by atoms with E-state index in [9.17, 15) is 0 Å². The van der Waals surface area contributed by atoms with E-state index >= 15 is 0 Å². The second-order valence-electron chi connectivity index (χ2n) is 14.0. The second kappa shape index (κ2) is 9.94. The lowest BCUT2D eigenvalue weighted by atomic mass is 9.61. The molecule has 0 amide bonds. The van der Waals surface area contributed by atoms with E-state index in [-0.39, 0.29) is 0 Å². The van der Waals surface area contributed by atoms with Crippen LogP contribution in [-0.2, 0) is 10.8 Å². The molecule has 1 nitrogen and oxygen atoms in total. The number of hydrogen-bond donors (Lipinski definition) is 0. The van der Waals surface area contributed by atoms with Crippen molar-refractivity contribution in [1.82, 2.24) is 0 Å². The Kier molecular flexibility index (Phi) is 5.51. The molecule has 11 rings (SSSR count). The summed E-state index contributed by atoms with van der Waals surface area (Å²) in [4.78, 5) is 0. The molecule has 1 spiro atoms. The van der Waals surface area contributed by atoms with Gasteiger partial charge in [0.25, 0.3) is 0 Å². The molecular formula is C49H32O. The molecule has 0 aromatic heterocycles. The first-order valence-corrected chi connectivity index (χ1v) is 17.5. The van der Waals surface area contributed by atoms with Gasteiger partial charge in [-0.05, 0) is 91.0 Å². The molecule has 50 heavy (non-hydrogen) atoms. The number of fused-ring (bicyclic) bond motifs is 11. The van der Waals surface area contributed by atoms with Gasteiger partial charge >= 0.3 is 0 Å². The van der Waals surface area contributed by atoms with Gasteiger partial charge in [-0.15, -0.1) is 0 Å². The van der Waals surface area contributed by atoms with Crippen molar-refractivity contribution in [1.29, 1.82) is 0 Å². The molecular weight excluding hydrogens is 605 g/mol. The Labute approximate surface area is 292 Å². The van der Waals surface area contributed by atoms with Crippen molar-refractivity contribution in [3.8, 4) is 44.9 Å². The standard InChI is InChI=1S/C49H32O/c1-48(32-17-3-2-4-18-32)40-26-9-10-29-43(40)50-44-30-14-23-36(47(44)48)35-22-13-28-42-46(35)37-20-6-8-25-39(37)49(42)38-24-7-5-19-33(38)34-21-11-15-31-16-12-27-41(49)45(31)34/h2-30H,1H3. The molecule has 0 fully saturated rings. The molecule has 3 aliphatic rings. The molecule has 0 saturated carbocycles. The molecule has 8 aromatic rings. The van der Waals surface area contributed by atoms with Gasteiger partial charge in [-0.3, -0.25) is 0 Å². The van der Waals surface area contributed by atoms with E-state index in [2.05, 4.69) is 183 Å². The maximum atomic E-state index is 6.78. The Balaban J connectivity index is 1.27. The summed E-state index contributed by atoms with van der Waals surface area (Å²) in [5.74, 6) is 1.82. The average molecular weight is 637 g/mol. The largest absolute Gasteiger partial charge is 0.457 e. The third-order valence-electron chi connectivity index (χ3n) is 11.8. The molecule has 1 heteroatoms. The normalized spacial score (nSPS) is 18.8. The highest BCUT2D eigenvalue weighted by atomic mass is 16.5. The van der Waals surface area contributed by atoms with Crippen LogP contribution in [0.1, 0.15) is 45.9 Å². The fourth-order valence-corrected chi connectivity index (χ4v) is 9.85. The van der Waals surface area contributed by atoms with Gasteiger partial charge in [-0.2, -0.15) is 0 Å². The molecule has 2 aliphatic carbocycles. The molecule has 1 aliphatic heterocycles. The first kappa shape index (κ1) is 27.7. The molecule has 0 N–H and O–H groups in total. The SMILES string of the molecule is CC1(c2ccccc2)c2ccccc2Oc2cccc(-c3cccc4c3-c3ccccc3C43c4ccccc4-c4cccc5cccc3c45)c21. The fourth-order valence-electron chi connectivity index (χ4n) is 9.85. The van der Waals surface area contributed by atoms with E-state index in [1.165, 1.54) is 83.1 Å². The van der Waals surface area contributed by atoms with Gasteiger partial charge in [-0.1, -0.05) is 164 Å². The molecule has 2 atom stereocenters. The van der Waals surface area contributed by atoms with E-state index in [1.807, 2.05) is 0 Å². The van der Waals surface area contributed by atoms with E-state index < -0.39 is 10.8 Å². The fraction of sp³-hybridized carbons (Fsp3) is 0.0612. The van der Waals surface area contributed by atoms with Crippen LogP contribution in [0.15, 0.2) is 176 Å². The molecule has 0 radical (unpaired) electrons. The summed E-state index contributed by atoms with van der Waals surface area (Å²) >= 11 is 0. The monoisotopic (exact) mass is 636 g/mol. The quantitative estimate of drug-likeness (QED) is 0.183. The van der Waals surface area contributed by atoms with Crippen molar-refractivity contribution >= 4 is 10.8 Å². The lowest BCUT2D eigenvalue weighted by molar-refractivity contribution is 0.428. The molecule has 1 heterocycles. The van der Waals surface area contributed by atoms with Gasteiger partial charge in [0.1, 0.15) is 11.5 Å². The summed E-state index contributed by atoms with van der Waals surface area (Å²) in [5.41, 5.74) is 15.8. The highest BCUT2D eigenvalue weighted by Gasteiger charge is 2.51. The maximum Gasteiger partial charge on any atom is 0.132 e. The summed E-state index contributed by atoms with van der Waals surface area (Å²) in [6, 6.07) is 65.0. The molecule has 0 bridgehead atoms. The number of ether oxygens (including phenoxy) is 1. The zero-order valence-corrected chi connectivity index (χ0v) is 27.7. The topological polar surface area (TPSA) is 9.23 Å². The van der Waals surface area contributed by atoms with Gasteiger partial charge in [0, 0.05) is 11.1 Å². The van der Waals surface area contributed by atoms with Crippen LogP contribution in [0.2, 0.25) is 0 Å². The highest BCUT2D eigenvalue weighted by Crippen LogP contribution is 2.64. The maximum absolute atomic E-state index is 6.78. The van der Waals surface area contributed by atoms with Crippen LogP contribution in [0.5, 0.6) is 11.5 Å². The van der Waals surface area contributed by atoms with Crippen molar-refractivity contribution in [2.45, 2.75) is 17.8 Å². The summed E-state index contributed by atoms with van der Waals surface area (Å²) in [6.45, 7) is 2.37. The summed E-state index contributed by atoms with van der Waals surface area (Å²) in [5, 5.41) is 2.63. The molecule has 8 aromatic carbocycles. The van der Waals surface area contributed by atoms with Gasteiger partial charge in [0.05, 0.1) is 10.8 Å². The first-order valence-electron chi connectivity index (χ1n) is 17.5. The van der Waals surface area contributed by atoms with Crippen LogP contribution in [0, 0.1) is 0 Å². The van der Waals surface area contributed by atoms with Crippen LogP contribution < -0.4 is 4.74 Å². The highest BCUT2D eigenvalue weighted by molar-refractivity contribution is 6.08. The smallest absolute Gasteiger partial charge is 0.132 e. The minimum atomic E-state index is -0.465. The van der Waals surface area contributed by atoms with Crippen LogP contribution in [0.3, 0.4) is 0 Å². The van der Waals surface area contributed by atoms with Crippen LogP contribution in [0.4, 0.5) is 0 Å². The zero-order valence-electron chi connectivity index (χ0n) is 27.7. The Morgan fingerprint density at radius 1 is 0.380 bits per heavy atom. The first-order chi connectivity index (χ1) is 24.7. The van der Waals surface area contributed by atoms with Gasteiger partial charge in [0.2, 0.25) is 0 Å². The summed E-state index contributed by atoms with van der Waals surface area (Å²) < 4.78 is 6.78. The van der Waals surface area contributed by atoms with Gasteiger partial charge in [-0.25, -0.2) is 0 Å². The minimum absolute atomic E-state index is 0.442. The molecule has 0 saturated heterocycles. The number of hydrogen-bond acceptors (Lipinski definition) is 1. The third kappa shape index (κ3) is 3.32. The minimum Gasteiger partial charge on any atom is -0.457 e. The van der Waals surface area contributed by atoms with Crippen molar-refractivity contribution < 1.29 is 4.74 Å². The van der Waals surface area contributed by atoms with Crippen molar-refractivity contribution in [2.24, 2.45) is 0 Å². The lowest BCUT2D eigenvalue weighted by Gasteiger charge is -2.40. The Morgan fingerprint density at radius 3 is 1.76 bits per heavy atom. The molecule has 234 valence electrons. The zero-order chi connectivity index (χ0) is 33.0. The predicted molar refractivity (Wildman–Crippen MR) is 204 cm³/mol. The lowest BCUT2D eigenvalue weighted by Crippen LogP contribution is -2.31. The molecule has 2 unspecified atom stereocenters. The van der Waals surface area contributed by atoms with Crippen molar-refractivity contribution in [3.63, 3.8) is 0 Å². The number of rotatable bonds is 2. The van der Waals surface area contributed by atoms with Crippen molar-refractivity contribution in [2.75, 3.05) is 0 Å². The van der Waals surface area contributed by atoms with Crippen LogP contribution in [-0.4, -0.2) is 0 Å². The van der Waals surface area contributed by atoms with Gasteiger partial charge in [0.15, 0.2) is 0 Å². The van der Waals surface area contributed by atoms with E-state index in [4.69, 9.17) is 4.74 Å². The average Bonchev–Trinajstić information content (AvgIpc) is 3.48. The second-order valence-corrected chi connectivity index (χ2v) is 14.0. The Hall–Kier alpha value is -6.18. The van der Waals surface area contributed by atoms with Crippen LogP contribution >= 0.6 is 0 Å². The summed E-state index contributed by atoms with van der Waals surface area (Å²) in [6.07, 6.45) is 0. The third-order valence-corrected chi connectivity index (χ3v) is 11.8. The predicted octanol–water partition coefficient (Wildman–Crippen LogP) is 12.3. The van der Waals surface area contributed by atoms with Crippen molar-refractivity contribution in [3.05, 3.63) is 215 Å². The Bertz CT molecular complexity index is 2700. The Morgan fingerprint density at radius 2 is 0.920 bits per heavy atom. The number of benzene rings is 8. The van der Waals surface area contributed by atoms with E-state index in [0.717, 1.165) is 11.5 Å². The van der Waals surface area contributed by atoms with Crippen LogP contribution in [0.25, 0.3) is 44.2 Å². The summed E-state index contributed by atoms with van der Waals surface area (Å²) in [7, 11) is 0. The van der Waals surface area contributed by atoms with Gasteiger partial charge < -0.3 is 4.74 Å². The van der Waals surface area contributed by atoms with E-state index in [0.29, 0.717) is 0 Å². The van der Waals surface area contributed by atoms with E-state index in [1.54, 1.807) is 0 Å².